The van der Waals surface area contributed by atoms with Crippen molar-refractivity contribution in [2.45, 2.75) is 17.4 Å². The predicted octanol–water partition coefficient (Wildman–Crippen LogP) is 2.42. The Morgan fingerprint density at radius 1 is 1.57 bits per heavy atom. The van der Waals surface area contributed by atoms with Crippen molar-refractivity contribution in [3.8, 4) is 0 Å². The van der Waals surface area contributed by atoms with Crippen molar-refractivity contribution in [1.29, 1.82) is 0 Å². The lowest BCUT2D eigenvalue weighted by molar-refractivity contribution is 0.881. The van der Waals surface area contributed by atoms with E-state index in [2.05, 4.69) is 12.6 Å². The molecule has 7 heavy (non-hydrogen) atoms. The Bertz CT molecular complexity index is 48.9. The maximum absolute atomic E-state index is 4.30. The van der Waals surface area contributed by atoms with Gasteiger partial charge in [-0.25, -0.2) is 0 Å². The highest BCUT2D eigenvalue weighted by molar-refractivity contribution is 8.78. The van der Waals surface area contributed by atoms with Crippen molar-refractivity contribution in [2.24, 2.45) is 0 Å². The van der Waals surface area contributed by atoms with E-state index < -0.39 is 0 Å². The number of hydrogen-bond acceptors (Lipinski definition) is 3. The molecule has 1 aliphatic rings. The highest BCUT2D eigenvalue weighted by atomic mass is 33.1. The number of thiol groups is 1. The summed E-state index contributed by atoms with van der Waals surface area (Å²) in [6.45, 7) is 0. The Morgan fingerprint density at radius 3 is 2.71 bits per heavy atom. The summed E-state index contributed by atoms with van der Waals surface area (Å²) in [5, 5.41) is 0. The molecule has 0 aromatic carbocycles. The molecule has 0 aromatic rings. The second-order valence-corrected chi connectivity index (χ2v) is 5.18. The van der Waals surface area contributed by atoms with Gasteiger partial charge in [0.15, 0.2) is 0 Å². The average Bonchev–Trinajstić information content (AvgIpc) is 1.69. The molecule has 1 unspecified atom stereocenters. The van der Waals surface area contributed by atoms with Crippen LogP contribution in [0.1, 0.15) is 12.8 Å². The van der Waals surface area contributed by atoms with Crippen LogP contribution in [0, 0.1) is 0 Å². The van der Waals surface area contributed by atoms with E-state index in [9.17, 15) is 0 Å². The summed E-state index contributed by atoms with van der Waals surface area (Å²) in [5.74, 6) is 1.32. The van der Waals surface area contributed by atoms with E-state index in [1.165, 1.54) is 18.6 Å². The lowest BCUT2D eigenvalue weighted by Crippen LogP contribution is -1.96. The van der Waals surface area contributed by atoms with Gasteiger partial charge in [-0.15, -0.1) is 0 Å². The summed E-state index contributed by atoms with van der Waals surface area (Å²) in [5.41, 5.74) is 0. The van der Waals surface area contributed by atoms with Crippen LogP contribution >= 0.6 is 34.2 Å². The fraction of sp³-hybridized carbons (Fsp3) is 1.00. The standard InChI is InChI=1S/C4H8S3/c5-4-2-1-3-6-7-4/h4-5H,1-3H2. The second-order valence-electron chi connectivity index (χ2n) is 1.52. The van der Waals surface area contributed by atoms with E-state index in [1.54, 1.807) is 0 Å². The smallest absolute Gasteiger partial charge is 0.0576 e. The molecule has 1 fully saturated rings. The number of rotatable bonds is 0. The van der Waals surface area contributed by atoms with Crippen molar-refractivity contribution >= 4 is 34.2 Å². The van der Waals surface area contributed by atoms with E-state index in [4.69, 9.17) is 0 Å². The molecule has 1 heterocycles. The summed E-state index contributed by atoms with van der Waals surface area (Å²) in [4.78, 5) is 0. The van der Waals surface area contributed by atoms with Crippen molar-refractivity contribution < 1.29 is 0 Å². The van der Waals surface area contributed by atoms with Crippen molar-refractivity contribution in [3.63, 3.8) is 0 Å². The Hall–Kier alpha value is 1.05. The van der Waals surface area contributed by atoms with Crippen LogP contribution in [0.2, 0.25) is 0 Å². The molecule has 42 valence electrons. The summed E-state index contributed by atoms with van der Waals surface area (Å²) in [6, 6.07) is 0. The third-order valence-electron chi connectivity index (χ3n) is 0.858. The first-order chi connectivity index (χ1) is 3.39. The summed E-state index contributed by atoms with van der Waals surface area (Å²) >= 11 is 4.30. The third-order valence-corrected chi connectivity index (χ3v) is 4.51. The van der Waals surface area contributed by atoms with Crippen molar-refractivity contribution in [1.82, 2.24) is 0 Å². The molecule has 0 radical (unpaired) electrons. The molecule has 0 saturated carbocycles. The van der Waals surface area contributed by atoms with Crippen LogP contribution in [0.3, 0.4) is 0 Å². The molecule has 0 nitrogen and oxygen atoms in total. The van der Waals surface area contributed by atoms with E-state index in [0.29, 0.717) is 4.58 Å². The minimum absolute atomic E-state index is 0.610. The topological polar surface area (TPSA) is 0 Å². The van der Waals surface area contributed by atoms with Gasteiger partial charge < -0.3 is 0 Å². The van der Waals surface area contributed by atoms with Crippen LogP contribution in [0.4, 0.5) is 0 Å². The molecule has 0 aliphatic carbocycles. The van der Waals surface area contributed by atoms with Crippen LogP contribution in [-0.4, -0.2) is 10.3 Å². The molecular formula is C4H8S3. The summed E-state index contributed by atoms with van der Waals surface area (Å²) in [6.07, 6.45) is 2.65. The molecule has 1 atom stereocenters. The van der Waals surface area contributed by atoms with Gasteiger partial charge in [0, 0.05) is 5.75 Å². The summed E-state index contributed by atoms with van der Waals surface area (Å²) in [7, 11) is 3.84. The normalized spacial score (nSPS) is 33.0. The fourth-order valence-corrected chi connectivity index (χ4v) is 3.42. The van der Waals surface area contributed by atoms with Crippen molar-refractivity contribution in [3.05, 3.63) is 0 Å². The van der Waals surface area contributed by atoms with E-state index in [1.807, 2.05) is 21.6 Å². The van der Waals surface area contributed by atoms with Crippen LogP contribution in [0.5, 0.6) is 0 Å². The maximum atomic E-state index is 4.30. The SMILES string of the molecule is SC1CCCSS1. The van der Waals surface area contributed by atoms with Gasteiger partial charge >= 0.3 is 0 Å². The van der Waals surface area contributed by atoms with Gasteiger partial charge in [-0.05, 0) is 12.8 Å². The molecule has 1 rings (SSSR count). The molecule has 0 amide bonds. The fourth-order valence-electron chi connectivity index (χ4n) is 0.492. The van der Waals surface area contributed by atoms with Gasteiger partial charge in [0.1, 0.15) is 0 Å². The zero-order valence-corrected chi connectivity index (χ0v) is 6.49. The van der Waals surface area contributed by atoms with E-state index >= 15 is 0 Å². The van der Waals surface area contributed by atoms with E-state index in [0.717, 1.165) is 0 Å². The Balaban J connectivity index is 2.12. The Morgan fingerprint density at radius 2 is 2.43 bits per heavy atom. The molecule has 3 heteroatoms. The molecule has 0 spiro atoms. The van der Waals surface area contributed by atoms with Crippen LogP contribution in [0.15, 0.2) is 0 Å². The molecule has 1 aliphatic heterocycles. The highest BCUT2D eigenvalue weighted by Crippen LogP contribution is 2.37. The lowest BCUT2D eigenvalue weighted by atomic mass is 10.4. The van der Waals surface area contributed by atoms with Crippen LogP contribution in [0.25, 0.3) is 0 Å². The monoisotopic (exact) mass is 152 g/mol. The largest absolute Gasteiger partial charge is 0.164 e. The van der Waals surface area contributed by atoms with Crippen molar-refractivity contribution in [2.75, 3.05) is 5.75 Å². The number of hydrogen-bond donors (Lipinski definition) is 1. The predicted molar refractivity (Wildman–Crippen MR) is 42.1 cm³/mol. The first-order valence-corrected chi connectivity index (χ1v) is 5.26. The molecule has 0 bridgehead atoms. The lowest BCUT2D eigenvalue weighted by Gasteiger charge is -2.13. The molecule has 0 N–H and O–H groups in total. The maximum Gasteiger partial charge on any atom is 0.0576 e. The molecular weight excluding hydrogens is 144 g/mol. The molecule has 1 saturated heterocycles. The quantitative estimate of drug-likeness (QED) is 0.418. The van der Waals surface area contributed by atoms with Gasteiger partial charge in [-0.2, -0.15) is 12.6 Å². The van der Waals surface area contributed by atoms with Gasteiger partial charge in [0.2, 0.25) is 0 Å². The minimum Gasteiger partial charge on any atom is -0.164 e. The minimum atomic E-state index is 0.610. The zero-order chi connectivity index (χ0) is 5.11. The average molecular weight is 152 g/mol. The van der Waals surface area contributed by atoms with Crippen LogP contribution in [-0.2, 0) is 0 Å². The summed E-state index contributed by atoms with van der Waals surface area (Å²) < 4.78 is 0.610. The van der Waals surface area contributed by atoms with Gasteiger partial charge in [-0.3, -0.25) is 0 Å². The van der Waals surface area contributed by atoms with Gasteiger partial charge in [-0.1, -0.05) is 21.6 Å². The first-order valence-electron chi connectivity index (χ1n) is 2.36. The van der Waals surface area contributed by atoms with Gasteiger partial charge in [0.25, 0.3) is 0 Å². The van der Waals surface area contributed by atoms with E-state index in [-0.39, 0.29) is 0 Å². The second kappa shape index (κ2) is 3.15. The molecule has 0 aromatic heterocycles. The Labute approximate surface area is 57.6 Å². The van der Waals surface area contributed by atoms with Crippen LogP contribution < -0.4 is 0 Å². The third kappa shape index (κ3) is 2.20. The Kier molecular flexibility index (Phi) is 2.78. The first kappa shape index (κ1) is 6.17. The zero-order valence-electron chi connectivity index (χ0n) is 3.96. The highest BCUT2D eigenvalue weighted by Gasteiger charge is 2.08. The van der Waals surface area contributed by atoms with Gasteiger partial charge in [0.05, 0.1) is 4.58 Å².